The summed E-state index contributed by atoms with van der Waals surface area (Å²) in [6.07, 6.45) is 0. The van der Waals surface area contributed by atoms with Gasteiger partial charge in [-0.1, -0.05) is 0 Å². The highest BCUT2D eigenvalue weighted by molar-refractivity contribution is 5.97. The number of carbonyl (C=O) groups excluding carboxylic acids is 1. The van der Waals surface area contributed by atoms with E-state index in [1.54, 1.807) is 19.2 Å². The summed E-state index contributed by atoms with van der Waals surface area (Å²) in [6.45, 7) is 0. The van der Waals surface area contributed by atoms with Crippen LogP contribution < -0.4 is 4.74 Å². The predicted octanol–water partition coefficient (Wildman–Crippen LogP) is 3.60. The maximum atomic E-state index is 11.6. The molecule has 2 aromatic carbocycles. The Morgan fingerprint density at radius 1 is 1.09 bits per heavy atom. The summed E-state index contributed by atoms with van der Waals surface area (Å²) >= 11 is 0. The number of phenols is 1. The van der Waals surface area contributed by atoms with Crippen molar-refractivity contribution in [2.24, 2.45) is 0 Å². The Hall–Kier alpha value is -2.95. The Morgan fingerprint density at radius 3 is 2.45 bits per heavy atom. The van der Waals surface area contributed by atoms with Crippen LogP contribution in [0.15, 0.2) is 46.9 Å². The third-order valence-electron chi connectivity index (χ3n) is 3.41. The van der Waals surface area contributed by atoms with Crippen LogP contribution in [0.3, 0.4) is 0 Å². The molecule has 22 heavy (non-hydrogen) atoms. The van der Waals surface area contributed by atoms with Crippen LogP contribution in [-0.2, 0) is 4.74 Å². The summed E-state index contributed by atoms with van der Waals surface area (Å²) in [5.41, 5.74) is 1.50. The van der Waals surface area contributed by atoms with Crippen LogP contribution in [0.2, 0.25) is 0 Å². The standard InChI is InChI=1S/C17H14O5/c1-20-12-5-3-10(4-6-12)15-9-13-14(18)7-11(17(19)21-2)8-16(13)22-15/h3-9,18H,1-2H3. The molecule has 5 heteroatoms. The molecule has 0 aliphatic heterocycles. The van der Waals surface area contributed by atoms with E-state index in [1.807, 2.05) is 24.3 Å². The average molecular weight is 298 g/mol. The van der Waals surface area contributed by atoms with Gasteiger partial charge >= 0.3 is 5.97 Å². The maximum absolute atomic E-state index is 11.6. The molecule has 0 saturated heterocycles. The fourth-order valence-electron chi connectivity index (χ4n) is 2.25. The van der Waals surface area contributed by atoms with Crippen LogP contribution in [0.5, 0.6) is 11.5 Å². The van der Waals surface area contributed by atoms with E-state index < -0.39 is 5.97 Å². The van der Waals surface area contributed by atoms with Gasteiger partial charge in [0.05, 0.1) is 25.2 Å². The van der Waals surface area contributed by atoms with Gasteiger partial charge in [-0.15, -0.1) is 0 Å². The molecule has 0 atom stereocenters. The summed E-state index contributed by atoms with van der Waals surface area (Å²) in [6, 6.07) is 12.0. The molecule has 0 radical (unpaired) electrons. The van der Waals surface area contributed by atoms with Crippen LogP contribution in [0.25, 0.3) is 22.3 Å². The van der Waals surface area contributed by atoms with E-state index in [1.165, 1.54) is 13.2 Å². The lowest BCUT2D eigenvalue weighted by atomic mass is 10.1. The summed E-state index contributed by atoms with van der Waals surface area (Å²) < 4.78 is 15.5. The summed E-state index contributed by atoms with van der Waals surface area (Å²) in [5, 5.41) is 10.6. The minimum Gasteiger partial charge on any atom is -0.507 e. The molecule has 0 aliphatic carbocycles. The Bertz CT molecular complexity index is 830. The lowest BCUT2D eigenvalue weighted by Gasteiger charge is -2.00. The molecule has 0 bridgehead atoms. The van der Waals surface area contributed by atoms with E-state index in [0.29, 0.717) is 16.7 Å². The van der Waals surface area contributed by atoms with Gasteiger partial charge in [-0.05, 0) is 42.5 Å². The molecule has 1 N–H and O–H groups in total. The number of methoxy groups -OCH3 is 2. The molecular weight excluding hydrogens is 284 g/mol. The molecule has 0 saturated carbocycles. The van der Waals surface area contributed by atoms with Gasteiger partial charge in [0.1, 0.15) is 22.8 Å². The number of benzene rings is 2. The van der Waals surface area contributed by atoms with Gasteiger partial charge in [-0.3, -0.25) is 0 Å². The molecular formula is C17H14O5. The fraction of sp³-hybridized carbons (Fsp3) is 0.118. The maximum Gasteiger partial charge on any atom is 0.338 e. The van der Waals surface area contributed by atoms with Gasteiger partial charge < -0.3 is 19.0 Å². The lowest BCUT2D eigenvalue weighted by Crippen LogP contribution is -2.00. The third kappa shape index (κ3) is 2.37. The first-order valence-corrected chi connectivity index (χ1v) is 6.61. The smallest absolute Gasteiger partial charge is 0.338 e. The molecule has 0 aliphatic rings. The number of ether oxygens (including phenoxy) is 2. The van der Waals surface area contributed by atoms with Crippen molar-refractivity contribution in [1.29, 1.82) is 0 Å². The molecule has 0 fully saturated rings. The summed E-state index contributed by atoms with van der Waals surface area (Å²) in [5.74, 6) is 0.784. The Labute approximate surface area is 126 Å². The van der Waals surface area contributed by atoms with Crippen molar-refractivity contribution in [2.75, 3.05) is 14.2 Å². The minimum absolute atomic E-state index is 0.0265. The average Bonchev–Trinajstić information content (AvgIpc) is 2.99. The number of fused-ring (bicyclic) bond motifs is 1. The quantitative estimate of drug-likeness (QED) is 0.748. The number of hydrogen-bond donors (Lipinski definition) is 1. The van der Waals surface area contributed by atoms with Gasteiger partial charge in [0, 0.05) is 5.56 Å². The largest absolute Gasteiger partial charge is 0.507 e. The summed E-state index contributed by atoms with van der Waals surface area (Å²) in [7, 11) is 2.89. The zero-order chi connectivity index (χ0) is 15.7. The zero-order valence-electron chi connectivity index (χ0n) is 12.1. The number of furan rings is 1. The van der Waals surface area contributed by atoms with Crippen molar-refractivity contribution >= 4 is 16.9 Å². The van der Waals surface area contributed by atoms with Crippen molar-refractivity contribution in [3.05, 3.63) is 48.0 Å². The molecule has 0 amide bonds. The van der Waals surface area contributed by atoms with Gasteiger partial charge in [0.15, 0.2) is 0 Å². The number of rotatable bonds is 3. The molecule has 1 heterocycles. The van der Waals surface area contributed by atoms with Crippen molar-refractivity contribution in [3.8, 4) is 22.8 Å². The fourth-order valence-corrected chi connectivity index (χ4v) is 2.25. The number of esters is 1. The van der Waals surface area contributed by atoms with E-state index in [-0.39, 0.29) is 11.3 Å². The molecule has 1 aromatic heterocycles. The van der Waals surface area contributed by atoms with E-state index in [2.05, 4.69) is 4.74 Å². The highest BCUT2D eigenvalue weighted by Gasteiger charge is 2.14. The number of phenolic OH excluding ortho intramolecular Hbond substituents is 1. The van der Waals surface area contributed by atoms with E-state index >= 15 is 0 Å². The normalized spacial score (nSPS) is 10.6. The highest BCUT2D eigenvalue weighted by atomic mass is 16.5. The van der Waals surface area contributed by atoms with Gasteiger partial charge in [0.2, 0.25) is 0 Å². The van der Waals surface area contributed by atoms with Gasteiger partial charge in [-0.2, -0.15) is 0 Å². The SMILES string of the molecule is COC(=O)c1cc(O)c2cc(-c3ccc(OC)cc3)oc2c1. The second-order valence-electron chi connectivity index (χ2n) is 4.74. The van der Waals surface area contributed by atoms with Crippen LogP contribution in [0, 0.1) is 0 Å². The molecule has 112 valence electrons. The first-order chi connectivity index (χ1) is 10.6. The van der Waals surface area contributed by atoms with Crippen molar-refractivity contribution in [3.63, 3.8) is 0 Å². The van der Waals surface area contributed by atoms with Crippen LogP contribution >= 0.6 is 0 Å². The van der Waals surface area contributed by atoms with Crippen LogP contribution in [-0.4, -0.2) is 25.3 Å². The molecule has 0 spiro atoms. The Balaban J connectivity index is 2.08. The van der Waals surface area contributed by atoms with Crippen molar-refractivity contribution in [2.45, 2.75) is 0 Å². The Kier molecular flexibility index (Phi) is 3.47. The predicted molar refractivity (Wildman–Crippen MR) is 81.2 cm³/mol. The first-order valence-electron chi connectivity index (χ1n) is 6.61. The first kappa shape index (κ1) is 14.0. The Morgan fingerprint density at radius 2 is 1.82 bits per heavy atom. The summed E-state index contributed by atoms with van der Waals surface area (Å²) in [4.78, 5) is 11.6. The van der Waals surface area contributed by atoms with E-state index in [4.69, 9.17) is 9.15 Å². The van der Waals surface area contributed by atoms with Crippen molar-refractivity contribution < 1.29 is 23.8 Å². The van der Waals surface area contributed by atoms with Gasteiger partial charge in [-0.25, -0.2) is 4.79 Å². The topological polar surface area (TPSA) is 68.9 Å². The third-order valence-corrected chi connectivity index (χ3v) is 3.41. The lowest BCUT2D eigenvalue weighted by molar-refractivity contribution is 0.0600. The number of carbonyl (C=O) groups is 1. The van der Waals surface area contributed by atoms with Gasteiger partial charge in [0.25, 0.3) is 0 Å². The minimum atomic E-state index is -0.528. The number of aromatic hydroxyl groups is 1. The van der Waals surface area contributed by atoms with Crippen LogP contribution in [0.1, 0.15) is 10.4 Å². The second-order valence-corrected chi connectivity index (χ2v) is 4.74. The second kappa shape index (κ2) is 5.44. The van der Waals surface area contributed by atoms with E-state index in [9.17, 15) is 9.90 Å². The molecule has 3 aromatic rings. The molecule has 3 rings (SSSR count). The van der Waals surface area contributed by atoms with E-state index in [0.717, 1.165) is 11.3 Å². The molecule has 5 nitrogen and oxygen atoms in total. The highest BCUT2D eigenvalue weighted by Crippen LogP contribution is 2.34. The number of hydrogen-bond acceptors (Lipinski definition) is 5. The monoisotopic (exact) mass is 298 g/mol. The zero-order valence-corrected chi connectivity index (χ0v) is 12.1. The molecule has 0 unspecified atom stereocenters. The van der Waals surface area contributed by atoms with Crippen LogP contribution in [0.4, 0.5) is 0 Å². The van der Waals surface area contributed by atoms with Crippen molar-refractivity contribution in [1.82, 2.24) is 0 Å².